The molecule has 0 spiro atoms. The van der Waals surface area contributed by atoms with E-state index < -0.39 is 29.8 Å². The highest BCUT2D eigenvalue weighted by molar-refractivity contribution is 5.90. The molecule has 1 unspecified atom stereocenters. The zero-order valence-corrected chi connectivity index (χ0v) is 21.5. The molecule has 5 N–H and O–H groups in total. The van der Waals surface area contributed by atoms with Gasteiger partial charge < -0.3 is 21.7 Å². The lowest BCUT2D eigenvalue weighted by atomic mass is 9.89. The molecule has 1 saturated heterocycles. The predicted molar refractivity (Wildman–Crippen MR) is 146 cm³/mol. The van der Waals surface area contributed by atoms with Gasteiger partial charge in [-0.3, -0.25) is 14.4 Å². The zero-order chi connectivity index (χ0) is 27.8. The van der Waals surface area contributed by atoms with Crippen molar-refractivity contribution in [3.63, 3.8) is 0 Å². The molecule has 4 rings (SSSR count). The summed E-state index contributed by atoms with van der Waals surface area (Å²) >= 11 is 0. The van der Waals surface area contributed by atoms with E-state index in [4.69, 9.17) is 5.73 Å². The highest BCUT2D eigenvalue weighted by Gasteiger charge is 2.31. The number of nitrogens with zero attached hydrogens (tertiary/aromatic N) is 1. The Morgan fingerprint density at radius 3 is 2.49 bits per heavy atom. The molecule has 1 aliphatic heterocycles. The van der Waals surface area contributed by atoms with E-state index in [0.29, 0.717) is 18.5 Å². The van der Waals surface area contributed by atoms with Crippen LogP contribution in [0.25, 0.3) is 10.8 Å². The fourth-order valence-electron chi connectivity index (χ4n) is 4.88. The Morgan fingerprint density at radius 2 is 1.77 bits per heavy atom. The molecule has 0 aliphatic carbocycles. The molecular formula is C30H32FN5O3. The standard InChI is InChI=1S/C30H32FN5O3/c31-24-11-8-19(9-12-24)15-27(35-28(37)16-20-7-10-21-4-1-2-5-22(21)14-20)30(39)36-26(25(33)18-32)17-23-6-3-13-34-29(23)38/h1-2,4-5,7-12,14,23,25-27H,3,6,13,15-17,33H2,(H,34,38)(H,35,37)(H,36,39)/t23-,25?,26-,27-/m0/s1. The van der Waals surface area contributed by atoms with E-state index in [1.165, 1.54) is 12.1 Å². The summed E-state index contributed by atoms with van der Waals surface area (Å²) < 4.78 is 13.5. The Hall–Kier alpha value is -4.29. The van der Waals surface area contributed by atoms with Crippen LogP contribution in [0, 0.1) is 23.1 Å². The van der Waals surface area contributed by atoms with Crippen molar-refractivity contribution >= 4 is 28.5 Å². The Kier molecular flexibility index (Phi) is 9.23. The van der Waals surface area contributed by atoms with Gasteiger partial charge in [0.15, 0.2) is 0 Å². The zero-order valence-electron chi connectivity index (χ0n) is 21.5. The molecule has 3 aromatic rings. The normalized spacial score (nSPS) is 17.4. The van der Waals surface area contributed by atoms with Crippen LogP contribution >= 0.6 is 0 Å². The average Bonchev–Trinajstić information content (AvgIpc) is 2.94. The maximum absolute atomic E-state index is 13.5. The smallest absolute Gasteiger partial charge is 0.243 e. The summed E-state index contributed by atoms with van der Waals surface area (Å²) in [5, 5.41) is 19.9. The minimum Gasteiger partial charge on any atom is -0.356 e. The van der Waals surface area contributed by atoms with Crippen LogP contribution in [0.5, 0.6) is 0 Å². The van der Waals surface area contributed by atoms with E-state index in [9.17, 15) is 24.0 Å². The van der Waals surface area contributed by atoms with Crippen molar-refractivity contribution in [3.05, 3.63) is 83.7 Å². The Labute approximate surface area is 226 Å². The maximum Gasteiger partial charge on any atom is 0.243 e. The first kappa shape index (κ1) is 27.7. The van der Waals surface area contributed by atoms with E-state index >= 15 is 0 Å². The molecule has 0 bridgehead atoms. The van der Waals surface area contributed by atoms with Crippen LogP contribution in [-0.2, 0) is 27.2 Å². The Bertz CT molecular complexity index is 1370. The number of rotatable bonds is 10. The van der Waals surface area contributed by atoms with Gasteiger partial charge >= 0.3 is 0 Å². The largest absolute Gasteiger partial charge is 0.356 e. The summed E-state index contributed by atoms with van der Waals surface area (Å²) in [6, 6.07) is 18.4. The van der Waals surface area contributed by atoms with Crippen molar-refractivity contribution in [2.45, 2.75) is 50.2 Å². The summed E-state index contributed by atoms with van der Waals surface area (Å²) in [6.07, 6.45) is 1.81. The maximum atomic E-state index is 13.5. The molecule has 4 atom stereocenters. The number of benzene rings is 3. The molecule has 0 aromatic heterocycles. The van der Waals surface area contributed by atoms with E-state index in [0.717, 1.165) is 22.8 Å². The topological polar surface area (TPSA) is 137 Å². The van der Waals surface area contributed by atoms with Crippen LogP contribution in [-0.4, -0.2) is 42.4 Å². The lowest BCUT2D eigenvalue weighted by molar-refractivity contribution is -0.130. The SMILES string of the molecule is N#CC(N)[C@H](C[C@@H]1CCCNC1=O)NC(=O)[C@H](Cc1ccc(F)cc1)NC(=O)Cc1ccc2ccccc2c1. The van der Waals surface area contributed by atoms with Crippen LogP contribution in [0.4, 0.5) is 4.39 Å². The van der Waals surface area contributed by atoms with Crippen molar-refractivity contribution in [2.75, 3.05) is 6.54 Å². The molecule has 9 heteroatoms. The third kappa shape index (κ3) is 7.62. The van der Waals surface area contributed by atoms with E-state index in [-0.39, 0.29) is 37.0 Å². The highest BCUT2D eigenvalue weighted by Crippen LogP contribution is 2.19. The highest BCUT2D eigenvalue weighted by atomic mass is 19.1. The van der Waals surface area contributed by atoms with Gasteiger partial charge in [0.2, 0.25) is 17.7 Å². The number of nitrogens with two attached hydrogens (primary N) is 1. The summed E-state index contributed by atoms with van der Waals surface area (Å²) in [5.41, 5.74) is 7.45. The first-order chi connectivity index (χ1) is 18.8. The second kappa shape index (κ2) is 13.0. The van der Waals surface area contributed by atoms with Crippen LogP contribution in [0.1, 0.15) is 30.4 Å². The Morgan fingerprint density at radius 1 is 1.05 bits per heavy atom. The van der Waals surface area contributed by atoms with E-state index in [2.05, 4.69) is 16.0 Å². The molecule has 0 saturated carbocycles. The van der Waals surface area contributed by atoms with Crippen LogP contribution in [0.15, 0.2) is 66.7 Å². The summed E-state index contributed by atoms with van der Waals surface area (Å²) in [6.45, 7) is 0.597. The van der Waals surface area contributed by atoms with E-state index in [1.807, 2.05) is 48.5 Å². The molecule has 1 aliphatic rings. The second-order valence-electron chi connectivity index (χ2n) is 9.94. The number of piperidine rings is 1. The number of nitrogens with one attached hydrogen (secondary N) is 3. The number of carbonyl (C=O) groups is 3. The summed E-state index contributed by atoms with van der Waals surface area (Å²) in [5.74, 6) is -1.80. The van der Waals surface area contributed by atoms with Crippen molar-refractivity contribution in [3.8, 4) is 6.07 Å². The predicted octanol–water partition coefficient (Wildman–Crippen LogP) is 2.50. The van der Waals surface area contributed by atoms with Crippen molar-refractivity contribution in [1.29, 1.82) is 5.26 Å². The number of hydrogen-bond acceptors (Lipinski definition) is 5. The number of nitriles is 1. The first-order valence-electron chi connectivity index (χ1n) is 13.1. The summed E-state index contributed by atoms with van der Waals surface area (Å²) in [7, 11) is 0. The molecule has 8 nitrogen and oxygen atoms in total. The third-order valence-electron chi connectivity index (χ3n) is 7.03. The summed E-state index contributed by atoms with van der Waals surface area (Å²) in [4.78, 5) is 38.8. The minimum absolute atomic E-state index is 0.0570. The van der Waals surface area contributed by atoms with Gasteiger partial charge in [0.05, 0.1) is 18.5 Å². The van der Waals surface area contributed by atoms with E-state index in [1.54, 1.807) is 12.1 Å². The molecule has 3 amide bonds. The van der Waals surface area contributed by atoms with Crippen molar-refractivity contribution in [2.24, 2.45) is 11.7 Å². The number of fused-ring (bicyclic) bond motifs is 1. The molecule has 202 valence electrons. The van der Waals surface area contributed by atoms with Gasteiger partial charge in [-0.2, -0.15) is 5.26 Å². The molecule has 39 heavy (non-hydrogen) atoms. The van der Waals surface area contributed by atoms with Crippen molar-refractivity contribution < 1.29 is 18.8 Å². The van der Waals surface area contributed by atoms with Gasteiger partial charge in [-0.1, -0.05) is 54.6 Å². The van der Waals surface area contributed by atoms with Gasteiger partial charge in [-0.25, -0.2) is 4.39 Å². The molecule has 0 radical (unpaired) electrons. The lowest BCUT2D eigenvalue weighted by Gasteiger charge is -2.29. The molecule has 3 aromatic carbocycles. The third-order valence-corrected chi connectivity index (χ3v) is 7.03. The van der Waals surface area contributed by atoms with Gasteiger partial charge in [0.1, 0.15) is 17.9 Å². The van der Waals surface area contributed by atoms with Crippen LogP contribution in [0.3, 0.4) is 0 Å². The number of halogens is 1. The lowest BCUT2D eigenvalue weighted by Crippen LogP contribution is -2.56. The quantitative estimate of drug-likeness (QED) is 0.320. The van der Waals surface area contributed by atoms with Gasteiger partial charge in [-0.15, -0.1) is 0 Å². The molecular weight excluding hydrogens is 497 g/mol. The minimum atomic E-state index is -1.04. The van der Waals surface area contributed by atoms with Crippen molar-refractivity contribution in [1.82, 2.24) is 16.0 Å². The van der Waals surface area contributed by atoms with Crippen LogP contribution < -0.4 is 21.7 Å². The van der Waals surface area contributed by atoms with Crippen LogP contribution in [0.2, 0.25) is 0 Å². The fourth-order valence-corrected chi connectivity index (χ4v) is 4.88. The number of hydrogen-bond donors (Lipinski definition) is 4. The molecule has 1 fully saturated rings. The monoisotopic (exact) mass is 529 g/mol. The van der Waals surface area contributed by atoms with Gasteiger partial charge in [0, 0.05) is 18.9 Å². The number of carbonyl (C=O) groups excluding carboxylic acids is 3. The number of amides is 3. The van der Waals surface area contributed by atoms with Gasteiger partial charge in [0.25, 0.3) is 0 Å². The average molecular weight is 530 g/mol. The van der Waals surface area contributed by atoms with Gasteiger partial charge in [-0.05, 0) is 53.3 Å². The molecule has 1 heterocycles. The Balaban J connectivity index is 1.49. The first-order valence-corrected chi connectivity index (χ1v) is 13.1. The second-order valence-corrected chi connectivity index (χ2v) is 9.94. The fraction of sp³-hybridized carbons (Fsp3) is 0.333.